The van der Waals surface area contributed by atoms with Crippen molar-refractivity contribution in [2.75, 3.05) is 12.4 Å². The molecule has 0 fully saturated rings. The molecule has 1 aromatic carbocycles. The van der Waals surface area contributed by atoms with E-state index in [-0.39, 0.29) is 29.6 Å². The van der Waals surface area contributed by atoms with Gasteiger partial charge in [-0.2, -0.15) is 13.2 Å². The van der Waals surface area contributed by atoms with E-state index < -0.39 is 17.9 Å². The maximum absolute atomic E-state index is 12.5. The maximum Gasteiger partial charge on any atom is 1.00 e. The predicted octanol–water partition coefficient (Wildman–Crippen LogP) is 0.00922. The van der Waals surface area contributed by atoms with Crippen LogP contribution in [-0.4, -0.2) is 23.3 Å². The number of anilines is 1. The predicted molar refractivity (Wildman–Crippen MR) is 77.0 cm³/mol. The fourth-order valence-electron chi connectivity index (χ4n) is 1.82. The second-order valence-electron chi connectivity index (χ2n) is 4.42. The molecule has 24 heavy (non-hydrogen) atoms. The van der Waals surface area contributed by atoms with Gasteiger partial charge in [0.2, 0.25) is 6.16 Å². The number of benzene rings is 1. The minimum absolute atomic E-state index is 0. The number of carbonyl (C=O) groups is 1. The van der Waals surface area contributed by atoms with Crippen LogP contribution in [0.15, 0.2) is 36.4 Å². The molecule has 0 aliphatic rings. The molecule has 1 aromatic heterocycles. The van der Waals surface area contributed by atoms with Gasteiger partial charge >= 0.3 is 35.7 Å². The Morgan fingerprint density at radius 2 is 1.67 bits per heavy atom. The Balaban J connectivity index is 0.000000954. The Labute approximate surface area is 158 Å². The average molecular weight is 350 g/mol. The smallest absolute Gasteiger partial charge is 0.565 e. The normalized spacial score (nSPS) is 10.0. The van der Waals surface area contributed by atoms with Crippen LogP contribution in [0.3, 0.4) is 0 Å². The van der Waals surface area contributed by atoms with Gasteiger partial charge in [0.05, 0.1) is 22.6 Å². The minimum Gasteiger partial charge on any atom is -0.565 e. The molecule has 0 atom stereocenters. The van der Waals surface area contributed by atoms with Crippen molar-refractivity contribution in [3.63, 3.8) is 0 Å². The van der Waals surface area contributed by atoms with Crippen LogP contribution in [0.5, 0.6) is 0 Å². The first-order valence-electron chi connectivity index (χ1n) is 6.38. The van der Waals surface area contributed by atoms with E-state index in [1.807, 2.05) is 13.0 Å². The zero-order chi connectivity index (χ0) is 17.6. The first-order chi connectivity index (χ1) is 10.6. The van der Waals surface area contributed by atoms with Crippen LogP contribution in [0.4, 0.5) is 23.7 Å². The first kappa shape index (κ1) is 22.2. The van der Waals surface area contributed by atoms with Crippen molar-refractivity contribution >= 4 is 11.8 Å². The van der Waals surface area contributed by atoms with Crippen LogP contribution in [0.25, 0.3) is 11.3 Å². The molecule has 0 spiro atoms. The van der Waals surface area contributed by atoms with Crippen LogP contribution < -0.4 is 40.0 Å². The van der Waals surface area contributed by atoms with E-state index in [9.17, 15) is 13.2 Å². The summed E-state index contributed by atoms with van der Waals surface area (Å²) in [5, 5.41) is 18.3. The van der Waals surface area contributed by atoms with Crippen molar-refractivity contribution in [1.29, 1.82) is 0 Å². The number of rotatable bonds is 2. The fourth-order valence-corrected chi connectivity index (χ4v) is 1.82. The number of alkyl halides is 3. The zero-order valence-corrected chi connectivity index (χ0v) is 15.3. The fraction of sp³-hybridized carbons (Fsp3) is 0.200. The number of aromatic nitrogens is 1. The van der Waals surface area contributed by atoms with Gasteiger partial charge in [0.15, 0.2) is 0 Å². The summed E-state index contributed by atoms with van der Waals surface area (Å²) in [7, 11) is 1.79. The van der Waals surface area contributed by atoms with Gasteiger partial charge in [-0.25, -0.2) is 0 Å². The van der Waals surface area contributed by atoms with Crippen LogP contribution in [-0.2, 0) is 6.18 Å². The molecule has 2 aromatic rings. The average Bonchev–Trinajstić information content (AvgIpc) is 2.46. The Bertz CT molecular complexity index is 673. The molecule has 0 bridgehead atoms. The summed E-state index contributed by atoms with van der Waals surface area (Å²) < 4.78 is 37.4. The van der Waals surface area contributed by atoms with E-state index in [2.05, 4.69) is 10.3 Å². The Morgan fingerprint density at radius 3 is 2.04 bits per heavy atom. The van der Waals surface area contributed by atoms with Crippen molar-refractivity contribution in [2.45, 2.75) is 13.1 Å². The molecule has 0 aliphatic heterocycles. The van der Waals surface area contributed by atoms with E-state index in [0.717, 1.165) is 23.5 Å². The maximum atomic E-state index is 12.5. The van der Waals surface area contributed by atoms with Gasteiger partial charge in [-0.05, 0) is 31.2 Å². The number of aryl methyl sites for hydroxylation is 1. The van der Waals surface area contributed by atoms with Gasteiger partial charge in [0, 0.05) is 12.6 Å². The van der Waals surface area contributed by atoms with E-state index in [4.69, 9.17) is 15.0 Å². The van der Waals surface area contributed by atoms with Gasteiger partial charge in [0.1, 0.15) is 0 Å². The third-order valence-corrected chi connectivity index (χ3v) is 2.86. The Hall–Kier alpha value is -1.77. The summed E-state index contributed by atoms with van der Waals surface area (Å²) in [4.78, 5) is 12.8. The number of pyridine rings is 1. The van der Waals surface area contributed by atoms with Crippen LogP contribution >= 0.6 is 0 Å². The molecule has 0 amide bonds. The number of halogens is 3. The summed E-state index contributed by atoms with van der Waals surface area (Å²) in [5.41, 5.74) is 2.37. The van der Waals surface area contributed by atoms with Gasteiger partial charge in [-0.1, -0.05) is 12.1 Å². The van der Waals surface area contributed by atoms with Gasteiger partial charge in [0.25, 0.3) is 0 Å². The van der Waals surface area contributed by atoms with Gasteiger partial charge in [-0.15, -0.1) is 0 Å². The number of carboxylic acid groups (broad SMARTS) is 2. The van der Waals surface area contributed by atoms with Crippen molar-refractivity contribution in [3.8, 4) is 11.3 Å². The zero-order valence-electron chi connectivity index (χ0n) is 13.3. The van der Waals surface area contributed by atoms with Crippen molar-refractivity contribution in [3.05, 3.63) is 47.7 Å². The molecular weight excluding hydrogens is 336 g/mol. The minimum atomic E-state index is -4.31. The third kappa shape index (κ3) is 6.77. The van der Waals surface area contributed by atoms with E-state index in [1.165, 1.54) is 12.1 Å². The van der Waals surface area contributed by atoms with Gasteiger partial charge in [-0.3, -0.25) is 4.98 Å². The molecule has 9 heteroatoms. The van der Waals surface area contributed by atoms with Crippen molar-refractivity contribution < 1.29 is 57.7 Å². The standard InChI is InChI=1S/C14H13F3N2.CH2O3.Na/c1-9-12(18-2)7-8-13(19-9)10-3-5-11(6-4-10)14(15,16)17;2-1(3)4;/h3-8,18H,1-2H3;(H2,2,3,4);/q;;+1/p-1. The van der Waals surface area contributed by atoms with Gasteiger partial charge < -0.3 is 20.3 Å². The topological polar surface area (TPSA) is 85.3 Å². The van der Waals surface area contributed by atoms with E-state index in [0.29, 0.717) is 11.3 Å². The Kier molecular flexibility index (Phi) is 8.81. The van der Waals surface area contributed by atoms with Crippen molar-refractivity contribution in [1.82, 2.24) is 4.98 Å². The molecule has 0 radical (unpaired) electrons. The summed E-state index contributed by atoms with van der Waals surface area (Å²) in [5.74, 6) is 0. The second kappa shape index (κ2) is 9.51. The summed E-state index contributed by atoms with van der Waals surface area (Å²) in [6.07, 6.45) is -6.39. The third-order valence-electron chi connectivity index (χ3n) is 2.86. The Morgan fingerprint density at radius 1 is 1.17 bits per heavy atom. The summed E-state index contributed by atoms with van der Waals surface area (Å²) in [6.45, 7) is 1.85. The molecule has 2 rings (SSSR count). The summed E-state index contributed by atoms with van der Waals surface area (Å²) in [6, 6.07) is 8.64. The molecule has 5 nitrogen and oxygen atoms in total. The molecule has 1 heterocycles. The van der Waals surface area contributed by atoms with E-state index >= 15 is 0 Å². The molecule has 2 N–H and O–H groups in total. The van der Waals surface area contributed by atoms with Crippen LogP contribution in [0.2, 0.25) is 0 Å². The number of nitrogens with zero attached hydrogens (tertiary/aromatic N) is 1. The molecule has 0 unspecified atom stereocenters. The molecule has 0 saturated carbocycles. The number of nitrogens with one attached hydrogen (secondary N) is 1. The number of hydrogen-bond acceptors (Lipinski definition) is 4. The largest absolute Gasteiger partial charge is 1.00 e. The van der Waals surface area contributed by atoms with Crippen LogP contribution in [0, 0.1) is 6.92 Å². The quantitative estimate of drug-likeness (QED) is 0.746. The molecule has 0 saturated heterocycles. The SMILES string of the molecule is CNc1ccc(-c2ccc(C(F)(F)F)cc2)nc1C.O=C([O-])O.[Na+]. The summed E-state index contributed by atoms with van der Waals surface area (Å²) >= 11 is 0. The number of hydrogen-bond donors (Lipinski definition) is 2. The molecule has 124 valence electrons. The second-order valence-corrected chi connectivity index (χ2v) is 4.42. The first-order valence-corrected chi connectivity index (χ1v) is 6.38. The monoisotopic (exact) mass is 350 g/mol. The molecular formula is C15H14F3N2NaO3. The van der Waals surface area contributed by atoms with Crippen molar-refractivity contribution in [2.24, 2.45) is 0 Å². The van der Waals surface area contributed by atoms with E-state index in [1.54, 1.807) is 13.1 Å². The van der Waals surface area contributed by atoms with Crippen LogP contribution in [0.1, 0.15) is 11.3 Å². The molecule has 0 aliphatic carbocycles.